The predicted molar refractivity (Wildman–Crippen MR) is 46.5 cm³/mol. The largest absolute Gasteiger partial charge is 0.206 e. The maximum Gasteiger partial charge on any atom is 0.131 e. The van der Waals surface area contributed by atoms with Crippen LogP contribution in [0.4, 0.5) is 4.39 Å². The number of halogens is 3. The summed E-state index contributed by atoms with van der Waals surface area (Å²) >= 11 is 11.2. The lowest BCUT2D eigenvalue weighted by Crippen LogP contribution is -1.81. The van der Waals surface area contributed by atoms with E-state index in [1.807, 2.05) is 0 Å². The maximum atomic E-state index is 12.8. The van der Waals surface area contributed by atoms with Gasteiger partial charge in [-0.2, -0.15) is 0 Å². The monoisotopic (exact) mass is 190 g/mol. The molecule has 1 aromatic carbocycles. The van der Waals surface area contributed by atoms with Gasteiger partial charge in [-0.1, -0.05) is 35.9 Å². The average molecular weight is 191 g/mol. The number of hydrogen-bond acceptors (Lipinski definition) is 0. The quantitative estimate of drug-likeness (QED) is 0.592. The summed E-state index contributed by atoms with van der Waals surface area (Å²) in [7, 11) is 0. The van der Waals surface area contributed by atoms with E-state index in [1.54, 1.807) is 0 Å². The average Bonchev–Trinajstić information content (AvgIpc) is 1.97. The highest BCUT2D eigenvalue weighted by molar-refractivity contribution is 6.42. The SMILES string of the molecule is C=Cc1cc(Cl)c(Cl)cc1F. The summed E-state index contributed by atoms with van der Waals surface area (Å²) in [5.74, 6) is -0.408. The molecular weight excluding hydrogens is 186 g/mol. The van der Waals surface area contributed by atoms with Gasteiger partial charge in [-0.25, -0.2) is 4.39 Å². The zero-order chi connectivity index (χ0) is 8.43. The van der Waals surface area contributed by atoms with Crippen LogP contribution in [0.15, 0.2) is 18.7 Å². The normalized spacial score (nSPS) is 9.73. The van der Waals surface area contributed by atoms with Crippen LogP contribution in [0.25, 0.3) is 6.08 Å². The van der Waals surface area contributed by atoms with E-state index >= 15 is 0 Å². The Balaban J connectivity index is 3.31. The van der Waals surface area contributed by atoms with E-state index in [1.165, 1.54) is 18.2 Å². The van der Waals surface area contributed by atoms with Gasteiger partial charge in [-0.15, -0.1) is 0 Å². The topological polar surface area (TPSA) is 0 Å². The van der Waals surface area contributed by atoms with Crippen molar-refractivity contribution in [3.8, 4) is 0 Å². The smallest absolute Gasteiger partial charge is 0.131 e. The van der Waals surface area contributed by atoms with Crippen molar-refractivity contribution in [1.82, 2.24) is 0 Å². The molecule has 0 bridgehead atoms. The summed E-state index contributed by atoms with van der Waals surface area (Å²) in [6.07, 6.45) is 1.39. The van der Waals surface area contributed by atoms with E-state index in [4.69, 9.17) is 23.2 Å². The van der Waals surface area contributed by atoms with Gasteiger partial charge < -0.3 is 0 Å². The molecule has 0 amide bonds. The Morgan fingerprint density at radius 2 is 1.82 bits per heavy atom. The first-order chi connectivity index (χ1) is 5.15. The minimum Gasteiger partial charge on any atom is -0.206 e. The lowest BCUT2D eigenvalue weighted by atomic mass is 10.2. The molecule has 11 heavy (non-hydrogen) atoms. The van der Waals surface area contributed by atoms with Gasteiger partial charge >= 0.3 is 0 Å². The van der Waals surface area contributed by atoms with Crippen LogP contribution in [0.3, 0.4) is 0 Å². The van der Waals surface area contributed by atoms with E-state index in [0.717, 1.165) is 0 Å². The minimum atomic E-state index is -0.408. The lowest BCUT2D eigenvalue weighted by Gasteiger charge is -1.98. The molecule has 1 rings (SSSR count). The Kier molecular flexibility index (Phi) is 2.53. The molecule has 0 radical (unpaired) electrons. The third-order valence-corrected chi connectivity index (χ3v) is 1.98. The van der Waals surface area contributed by atoms with Crippen LogP contribution in [-0.4, -0.2) is 0 Å². The number of rotatable bonds is 1. The van der Waals surface area contributed by atoms with Crippen molar-refractivity contribution in [2.24, 2.45) is 0 Å². The molecular formula is C8H5Cl2F. The van der Waals surface area contributed by atoms with Crippen molar-refractivity contribution in [1.29, 1.82) is 0 Å². The Labute approximate surface area is 74.2 Å². The summed E-state index contributed by atoms with van der Waals surface area (Å²) in [4.78, 5) is 0. The highest BCUT2D eigenvalue weighted by atomic mass is 35.5. The van der Waals surface area contributed by atoms with E-state index in [0.29, 0.717) is 10.6 Å². The van der Waals surface area contributed by atoms with Crippen LogP contribution in [0.5, 0.6) is 0 Å². The Bertz CT molecular complexity index is 294. The van der Waals surface area contributed by atoms with Gasteiger partial charge in [0, 0.05) is 5.56 Å². The van der Waals surface area contributed by atoms with Gasteiger partial charge in [0.1, 0.15) is 5.82 Å². The third kappa shape index (κ3) is 1.73. The number of benzene rings is 1. The Hall–Kier alpha value is -0.530. The molecule has 58 valence electrons. The van der Waals surface area contributed by atoms with E-state index in [-0.39, 0.29) is 5.02 Å². The van der Waals surface area contributed by atoms with Crippen LogP contribution in [-0.2, 0) is 0 Å². The molecule has 0 aromatic heterocycles. The van der Waals surface area contributed by atoms with Crippen LogP contribution in [0, 0.1) is 5.82 Å². The van der Waals surface area contributed by atoms with Crippen molar-refractivity contribution < 1.29 is 4.39 Å². The standard InChI is InChI=1S/C8H5Cl2F/c1-2-5-3-6(9)7(10)4-8(5)11/h2-4H,1H2. The molecule has 0 unspecified atom stereocenters. The van der Waals surface area contributed by atoms with Crippen LogP contribution in [0.2, 0.25) is 10.0 Å². The van der Waals surface area contributed by atoms with Gasteiger partial charge in [0.05, 0.1) is 10.0 Å². The summed E-state index contributed by atoms with van der Waals surface area (Å²) in [5, 5.41) is 0.553. The minimum absolute atomic E-state index is 0.217. The first-order valence-electron chi connectivity index (χ1n) is 2.92. The van der Waals surface area contributed by atoms with Crippen molar-refractivity contribution in [2.45, 2.75) is 0 Å². The zero-order valence-electron chi connectivity index (χ0n) is 5.57. The molecule has 0 N–H and O–H groups in total. The maximum absolute atomic E-state index is 12.8. The molecule has 1 aromatic rings. The molecule has 0 saturated carbocycles. The first kappa shape index (κ1) is 8.57. The van der Waals surface area contributed by atoms with Crippen molar-refractivity contribution in [3.63, 3.8) is 0 Å². The molecule has 0 aliphatic carbocycles. The molecule has 0 atom stereocenters. The summed E-state index contributed by atoms with van der Waals surface area (Å²) in [6, 6.07) is 2.60. The molecule has 3 heteroatoms. The van der Waals surface area contributed by atoms with Crippen molar-refractivity contribution in [2.75, 3.05) is 0 Å². The van der Waals surface area contributed by atoms with Gasteiger partial charge in [-0.3, -0.25) is 0 Å². The molecule has 0 saturated heterocycles. The van der Waals surface area contributed by atoms with Crippen molar-refractivity contribution in [3.05, 3.63) is 40.1 Å². The van der Waals surface area contributed by atoms with Gasteiger partial charge in [-0.05, 0) is 12.1 Å². The molecule has 0 nitrogen and oxygen atoms in total. The summed E-state index contributed by atoms with van der Waals surface area (Å²) < 4.78 is 12.8. The Morgan fingerprint density at radius 1 is 1.27 bits per heavy atom. The second-order valence-corrected chi connectivity index (χ2v) is 2.81. The van der Waals surface area contributed by atoms with Gasteiger partial charge in [0.15, 0.2) is 0 Å². The highest BCUT2D eigenvalue weighted by Gasteiger charge is 2.03. The molecule has 0 heterocycles. The lowest BCUT2D eigenvalue weighted by molar-refractivity contribution is 0.625. The molecule has 0 aliphatic heterocycles. The number of hydrogen-bond donors (Lipinski definition) is 0. The van der Waals surface area contributed by atoms with Crippen LogP contribution >= 0.6 is 23.2 Å². The fraction of sp³-hybridized carbons (Fsp3) is 0. The van der Waals surface area contributed by atoms with Crippen LogP contribution < -0.4 is 0 Å². The molecule has 0 fully saturated rings. The van der Waals surface area contributed by atoms with E-state index in [2.05, 4.69) is 6.58 Å². The fourth-order valence-electron chi connectivity index (χ4n) is 0.694. The third-order valence-electron chi connectivity index (χ3n) is 1.26. The first-order valence-corrected chi connectivity index (χ1v) is 3.67. The second kappa shape index (κ2) is 3.24. The Morgan fingerprint density at radius 3 is 2.36 bits per heavy atom. The van der Waals surface area contributed by atoms with Crippen molar-refractivity contribution >= 4 is 29.3 Å². The molecule has 0 aliphatic rings. The predicted octanol–water partition coefficient (Wildman–Crippen LogP) is 3.78. The van der Waals surface area contributed by atoms with E-state index in [9.17, 15) is 4.39 Å². The summed E-state index contributed by atoms with van der Waals surface area (Å²) in [6.45, 7) is 3.42. The van der Waals surface area contributed by atoms with Gasteiger partial charge in [0.2, 0.25) is 0 Å². The molecule has 0 spiro atoms. The second-order valence-electron chi connectivity index (χ2n) is 1.99. The van der Waals surface area contributed by atoms with E-state index < -0.39 is 5.82 Å². The highest BCUT2D eigenvalue weighted by Crippen LogP contribution is 2.25. The van der Waals surface area contributed by atoms with Gasteiger partial charge in [0.25, 0.3) is 0 Å². The fourth-order valence-corrected chi connectivity index (χ4v) is 1.02. The van der Waals surface area contributed by atoms with Crippen LogP contribution in [0.1, 0.15) is 5.56 Å². The zero-order valence-corrected chi connectivity index (χ0v) is 7.08. The summed E-state index contributed by atoms with van der Waals surface area (Å²) in [5.41, 5.74) is 0.361.